The first-order valence-corrected chi connectivity index (χ1v) is 14.0. The molecule has 0 saturated carbocycles. The number of nitrogens with zero attached hydrogens (tertiary/aromatic N) is 4. The Balaban J connectivity index is 1.49. The fourth-order valence-corrected chi connectivity index (χ4v) is 5.23. The quantitative estimate of drug-likeness (QED) is 0.189. The lowest BCUT2D eigenvalue weighted by atomic mass is 10.1. The number of rotatable bonds is 9. The number of carbonyl (C=O) groups excluding carboxylic acids is 1. The molecular formula is C32H27FN6OS. The molecule has 0 aliphatic rings. The van der Waals surface area contributed by atoms with Crippen molar-refractivity contribution >= 4 is 23.5 Å². The van der Waals surface area contributed by atoms with Crippen LogP contribution in [0.5, 0.6) is 0 Å². The van der Waals surface area contributed by atoms with Crippen LogP contribution in [0.15, 0.2) is 108 Å². The second-order valence-electron chi connectivity index (χ2n) is 9.46. The summed E-state index contributed by atoms with van der Waals surface area (Å²) in [4.78, 5) is 13.2. The smallest absolute Gasteiger partial charge is 0.319 e. The normalized spacial score (nSPS) is 11.4. The molecule has 0 saturated heterocycles. The molecule has 1 heterocycles. The number of halogens is 1. The van der Waals surface area contributed by atoms with Gasteiger partial charge in [0.1, 0.15) is 5.82 Å². The molecular weight excluding hydrogens is 535 g/mol. The van der Waals surface area contributed by atoms with E-state index in [1.807, 2.05) is 66.1 Å². The zero-order chi connectivity index (χ0) is 28.6. The van der Waals surface area contributed by atoms with Gasteiger partial charge in [-0.05, 0) is 60.5 Å². The number of nitriles is 1. The Labute approximate surface area is 242 Å². The van der Waals surface area contributed by atoms with Gasteiger partial charge in [-0.25, -0.2) is 9.18 Å². The zero-order valence-electron chi connectivity index (χ0n) is 22.3. The molecule has 204 valence electrons. The molecule has 2 amide bonds. The van der Waals surface area contributed by atoms with Crippen LogP contribution in [0, 0.1) is 24.1 Å². The molecule has 1 atom stereocenters. The van der Waals surface area contributed by atoms with Gasteiger partial charge in [0, 0.05) is 23.5 Å². The highest BCUT2D eigenvalue weighted by atomic mass is 32.2. The predicted octanol–water partition coefficient (Wildman–Crippen LogP) is 6.98. The minimum atomic E-state index is -0.537. The Morgan fingerprint density at radius 2 is 1.71 bits per heavy atom. The van der Waals surface area contributed by atoms with Gasteiger partial charge in [0.05, 0.1) is 17.7 Å². The van der Waals surface area contributed by atoms with E-state index in [2.05, 4.69) is 26.9 Å². The Morgan fingerprint density at radius 1 is 0.951 bits per heavy atom. The van der Waals surface area contributed by atoms with Crippen LogP contribution in [0.1, 0.15) is 34.1 Å². The molecule has 0 aliphatic carbocycles. The van der Waals surface area contributed by atoms with Crippen molar-refractivity contribution in [2.24, 2.45) is 0 Å². The molecule has 0 spiro atoms. The number of hydrogen-bond acceptors (Lipinski definition) is 5. The average molecular weight is 563 g/mol. The second kappa shape index (κ2) is 12.9. The van der Waals surface area contributed by atoms with E-state index in [1.54, 1.807) is 36.4 Å². The van der Waals surface area contributed by atoms with Gasteiger partial charge in [0.2, 0.25) is 0 Å². The van der Waals surface area contributed by atoms with Crippen LogP contribution in [0.25, 0.3) is 5.69 Å². The summed E-state index contributed by atoms with van der Waals surface area (Å²) in [6.45, 7) is 2.02. The number of benzene rings is 4. The van der Waals surface area contributed by atoms with Crippen molar-refractivity contribution in [2.45, 2.75) is 30.3 Å². The third kappa shape index (κ3) is 7.18. The summed E-state index contributed by atoms with van der Waals surface area (Å²) in [7, 11) is 0. The van der Waals surface area contributed by atoms with E-state index in [9.17, 15) is 14.4 Å². The van der Waals surface area contributed by atoms with Crippen LogP contribution < -0.4 is 10.6 Å². The van der Waals surface area contributed by atoms with Crippen molar-refractivity contribution in [1.82, 2.24) is 20.1 Å². The molecule has 0 bridgehead atoms. The highest BCUT2D eigenvalue weighted by molar-refractivity contribution is 7.98. The van der Waals surface area contributed by atoms with E-state index in [0.717, 1.165) is 22.4 Å². The highest BCUT2D eigenvalue weighted by Crippen LogP contribution is 2.29. The van der Waals surface area contributed by atoms with Crippen molar-refractivity contribution in [1.29, 1.82) is 5.26 Å². The largest absolute Gasteiger partial charge is 0.327 e. The number of carbonyl (C=O) groups is 1. The maximum absolute atomic E-state index is 13.4. The Kier molecular flexibility index (Phi) is 8.72. The van der Waals surface area contributed by atoms with E-state index >= 15 is 0 Å². The van der Waals surface area contributed by atoms with Gasteiger partial charge in [0.15, 0.2) is 11.0 Å². The Hall–Kier alpha value is -4.94. The van der Waals surface area contributed by atoms with Crippen LogP contribution in [-0.2, 0) is 12.2 Å². The molecule has 1 aromatic heterocycles. The van der Waals surface area contributed by atoms with Gasteiger partial charge in [0.25, 0.3) is 0 Å². The maximum atomic E-state index is 13.4. The fourth-order valence-electron chi connectivity index (χ4n) is 4.31. The third-order valence-electron chi connectivity index (χ3n) is 6.38. The topological polar surface area (TPSA) is 95.6 Å². The van der Waals surface area contributed by atoms with E-state index < -0.39 is 12.1 Å². The summed E-state index contributed by atoms with van der Waals surface area (Å²) in [6.07, 6.45) is 0.471. The van der Waals surface area contributed by atoms with Crippen molar-refractivity contribution in [3.63, 3.8) is 0 Å². The number of nitrogens with one attached hydrogen (secondary N) is 2. The van der Waals surface area contributed by atoms with Gasteiger partial charge in [-0.3, -0.25) is 4.57 Å². The lowest BCUT2D eigenvalue weighted by molar-refractivity contribution is 0.247. The van der Waals surface area contributed by atoms with Gasteiger partial charge >= 0.3 is 6.03 Å². The first kappa shape index (κ1) is 27.6. The molecule has 0 radical (unpaired) electrons. The lowest BCUT2D eigenvalue weighted by Crippen LogP contribution is -2.35. The van der Waals surface area contributed by atoms with Crippen molar-refractivity contribution in [2.75, 3.05) is 5.32 Å². The summed E-state index contributed by atoms with van der Waals surface area (Å²) in [6, 6.07) is 32.1. The molecule has 9 heteroatoms. The molecule has 0 unspecified atom stereocenters. The van der Waals surface area contributed by atoms with Gasteiger partial charge in [-0.2, -0.15) is 5.26 Å². The summed E-state index contributed by atoms with van der Waals surface area (Å²) < 4.78 is 15.4. The van der Waals surface area contributed by atoms with Crippen LogP contribution >= 0.6 is 11.8 Å². The van der Waals surface area contributed by atoms with Crippen LogP contribution in [0.4, 0.5) is 14.9 Å². The van der Waals surface area contributed by atoms with Gasteiger partial charge < -0.3 is 10.6 Å². The van der Waals surface area contributed by atoms with Gasteiger partial charge in [-0.1, -0.05) is 78.0 Å². The number of urea groups is 1. The van der Waals surface area contributed by atoms with Crippen molar-refractivity contribution in [3.8, 4) is 11.8 Å². The Morgan fingerprint density at radius 3 is 2.44 bits per heavy atom. The number of anilines is 1. The number of aryl methyl sites for hydroxylation is 1. The predicted molar refractivity (Wildman–Crippen MR) is 158 cm³/mol. The average Bonchev–Trinajstić information content (AvgIpc) is 3.41. The number of aromatic nitrogens is 3. The molecule has 5 aromatic rings. The number of thioether (sulfide) groups is 1. The van der Waals surface area contributed by atoms with Crippen LogP contribution in [-0.4, -0.2) is 20.8 Å². The van der Waals surface area contributed by atoms with E-state index in [4.69, 9.17) is 0 Å². The first-order chi connectivity index (χ1) is 20.0. The lowest BCUT2D eigenvalue weighted by Gasteiger charge is -2.21. The molecule has 4 aromatic carbocycles. The maximum Gasteiger partial charge on any atom is 0.319 e. The fraction of sp³-hybridized carbons (Fsp3) is 0.125. The SMILES string of the molecule is Cc1ccc(-n2c(SCc3ccc(F)cc3)nnc2[C@@H](Cc2ccccc2)NC(=O)Nc2cccc(C#N)c2)cc1. The molecule has 7 nitrogen and oxygen atoms in total. The Bertz CT molecular complexity index is 1660. The van der Waals surface area contributed by atoms with E-state index in [-0.39, 0.29) is 5.82 Å². The second-order valence-corrected chi connectivity index (χ2v) is 10.4. The van der Waals surface area contributed by atoms with E-state index in [0.29, 0.717) is 34.4 Å². The standard InChI is InChI=1S/C32H27FN6OS/c1-22-10-16-28(17-11-22)39-30(37-38-32(39)41-21-24-12-14-26(33)15-13-24)29(19-23-6-3-2-4-7-23)36-31(40)35-27-9-5-8-25(18-27)20-34/h2-18,29H,19,21H2,1H3,(H2,35,36,40)/t29-/m1/s1. The minimum absolute atomic E-state index is 0.281. The van der Waals surface area contributed by atoms with E-state index in [1.165, 1.54) is 23.9 Å². The summed E-state index contributed by atoms with van der Waals surface area (Å²) >= 11 is 1.48. The summed E-state index contributed by atoms with van der Waals surface area (Å²) in [5, 5.41) is 24.9. The van der Waals surface area contributed by atoms with Gasteiger partial charge in [-0.15, -0.1) is 10.2 Å². The third-order valence-corrected chi connectivity index (χ3v) is 7.38. The summed E-state index contributed by atoms with van der Waals surface area (Å²) in [5.41, 5.74) is 4.90. The highest BCUT2D eigenvalue weighted by Gasteiger charge is 2.25. The first-order valence-electron chi connectivity index (χ1n) is 13.0. The van der Waals surface area contributed by atoms with Crippen LogP contribution in [0.2, 0.25) is 0 Å². The minimum Gasteiger partial charge on any atom is -0.327 e. The zero-order valence-corrected chi connectivity index (χ0v) is 23.1. The van der Waals surface area contributed by atoms with Crippen LogP contribution in [0.3, 0.4) is 0 Å². The van der Waals surface area contributed by atoms with Crippen molar-refractivity contribution < 1.29 is 9.18 Å². The summed E-state index contributed by atoms with van der Waals surface area (Å²) in [5.74, 6) is 0.855. The number of amides is 2. The van der Waals surface area contributed by atoms with Crippen molar-refractivity contribution in [3.05, 3.63) is 137 Å². The monoisotopic (exact) mass is 562 g/mol. The number of hydrogen-bond donors (Lipinski definition) is 2. The molecule has 41 heavy (non-hydrogen) atoms. The molecule has 5 rings (SSSR count). The molecule has 0 aliphatic heterocycles. The molecule has 2 N–H and O–H groups in total. The molecule has 0 fully saturated rings.